The van der Waals surface area contributed by atoms with Gasteiger partial charge in [0.05, 0.1) is 23.3 Å². The van der Waals surface area contributed by atoms with E-state index in [4.69, 9.17) is 11.6 Å². The maximum Gasteiger partial charge on any atom is 0.262 e. The number of hydrogen-bond acceptors (Lipinski definition) is 3. The quantitative estimate of drug-likeness (QED) is 0.733. The Bertz CT molecular complexity index is 995. The van der Waals surface area contributed by atoms with Gasteiger partial charge in [-0.15, -0.1) is 0 Å². The zero-order valence-electron chi connectivity index (χ0n) is 13.9. The number of benzene rings is 2. The number of aromatic nitrogens is 2. The summed E-state index contributed by atoms with van der Waals surface area (Å²) in [5.74, 6) is 0. The number of rotatable bonds is 5. The molecular formula is C18H18ClN3O2S. The molecule has 0 spiro atoms. The first kappa shape index (κ1) is 17.5. The molecule has 0 bridgehead atoms. The molecule has 1 heterocycles. The molecule has 0 saturated carbocycles. The summed E-state index contributed by atoms with van der Waals surface area (Å²) in [6.45, 7) is 4.36. The van der Waals surface area contributed by atoms with Gasteiger partial charge in [-0.25, -0.2) is 8.42 Å². The molecular weight excluding hydrogens is 358 g/mol. The van der Waals surface area contributed by atoms with Crippen molar-refractivity contribution in [2.24, 2.45) is 0 Å². The lowest BCUT2D eigenvalue weighted by Crippen LogP contribution is -2.12. The molecule has 1 N–H and O–H groups in total. The van der Waals surface area contributed by atoms with Crippen LogP contribution in [0.3, 0.4) is 0 Å². The molecule has 25 heavy (non-hydrogen) atoms. The molecule has 3 aromatic rings. The van der Waals surface area contributed by atoms with Gasteiger partial charge in [0.1, 0.15) is 0 Å². The van der Waals surface area contributed by atoms with Gasteiger partial charge in [-0.05, 0) is 54.8 Å². The van der Waals surface area contributed by atoms with Crippen molar-refractivity contribution >= 4 is 27.3 Å². The van der Waals surface area contributed by atoms with Crippen molar-refractivity contribution in [3.05, 3.63) is 76.6 Å². The summed E-state index contributed by atoms with van der Waals surface area (Å²) < 4.78 is 29.2. The number of sulfonamides is 1. The monoisotopic (exact) mass is 375 g/mol. The van der Waals surface area contributed by atoms with Crippen molar-refractivity contribution in [2.45, 2.75) is 25.3 Å². The van der Waals surface area contributed by atoms with Crippen molar-refractivity contribution in [1.82, 2.24) is 9.78 Å². The van der Waals surface area contributed by atoms with Gasteiger partial charge in [-0.3, -0.25) is 9.40 Å². The molecule has 0 amide bonds. The van der Waals surface area contributed by atoms with Crippen LogP contribution in [0.5, 0.6) is 0 Å². The van der Waals surface area contributed by atoms with Crippen molar-refractivity contribution in [1.29, 1.82) is 0 Å². The Morgan fingerprint density at radius 2 is 1.80 bits per heavy atom. The zero-order valence-corrected chi connectivity index (χ0v) is 15.5. The Morgan fingerprint density at radius 3 is 2.48 bits per heavy atom. The van der Waals surface area contributed by atoms with Gasteiger partial charge in [0.25, 0.3) is 10.0 Å². The third-order valence-electron chi connectivity index (χ3n) is 3.93. The maximum atomic E-state index is 12.5. The number of aryl methyl sites for hydroxylation is 2. The Labute approximate surface area is 152 Å². The third-order valence-corrected chi connectivity index (χ3v) is 5.56. The van der Waals surface area contributed by atoms with Crippen LogP contribution in [-0.2, 0) is 16.6 Å². The zero-order chi connectivity index (χ0) is 18.0. The SMILES string of the molecule is Cc1ccc(S(=O)(=O)Nc2cnn(Cc3ccc(Cl)cc3)c2)cc1C. The summed E-state index contributed by atoms with van der Waals surface area (Å²) in [4.78, 5) is 0.237. The van der Waals surface area contributed by atoms with E-state index >= 15 is 0 Å². The molecule has 1 aromatic heterocycles. The van der Waals surface area contributed by atoms with Crippen LogP contribution in [0.25, 0.3) is 0 Å². The van der Waals surface area contributed by atoms with Crippen LogP contribution >= 0.6 is 11.6 Å². The molecule has 0 radical (unpaired) electrons. The molecule has 0 fully saturated rings. The average molecular weight is 376 g/mol. The molecule has 7 heteroatoms. The van der Waals surface area contributed by atoms with Crippen LogP contribution in [0.2, 0.25) is 5.02 Å². The van der Waals surface area contributed by atoms with Crippen molar-refractivity contribution in [3.8, 4) is 0 Å². The van der Waals surface area contributed by atoms with E-state index in [1.165, 1.54) is 6.20 Å². The molecule has 2 aromatic carbocycles. The second-order valence-electron chi connectivity index (χ2n) is 5.90. The van der Waals surface area contributed by atoms with Gasteiger partial charge < -0.3 is 0 Å². The first-order valence-corrected chi connectivity index (χ1v) is 9.56. The fourth-order valence-electron chi connectivity index (χ4n) is 2.37. The molecule has 0 aliphatic carbocycles. The summed E-state index contributed by atoms with van der Waals surface area (Å²) in [5, 5.41) is 4.87. The summed E-state index contributed by atoms with van der Waals surface area (Å²) in [6.07, 6.45) is 3.15. The lowest BCUT2D eigenvalue weighted by atomic mass is 10.1. The summed E-state index contributed by atoms with van der Waals surface area (Å²) in [7, 11) is -3.64. The van der Waals surface area contributed by atoms with E-state index in [0.29, 0.717) is 17.3 Å². The number of halogens is 1. The highest BCUT2D eigenvalue weighted by Gasteiger charge is 2.15. The highest BCUT2D eigenvalue weighted by atomic mass is 35.5. The largest absolute Gasteiger partial charge is 0.276 e. The van der Waals surface area contributed by atoms with Crippen LogP contribution in [-0.4, -0.2) is 18.2 Å². The van der Waals surface area contributed by atoms with Gasteiger partial charge in [0, 0.05) is 11.2 Å². The average Bonchev–Trinajstić information content (AvgIpc) is 2.98. The standard InChI is InChI=1S/C18H18ClN3O2S/c1-13-3-8-18(9-14(13)2)25(23,24)21-17-10-20-22(12-17)11-15-4-6-16(19)7-5-15/h3-10,12,21H,11H2,1-2H3. The van der Waals surface area contributed by atoms with Crippen molar-refractivity contribution < 1.29 is 8.42 Å². The van der Waals surface area contributed by atoms with Crippen LogP contribution in [0.4, 0.5) is 5.69 Å². The second-order valence-corrected chi connectivity index (χ2v) is 8.02. The molecule has 0 aliphatic rings. The topological polar surface area (TPSA) is 64.0 Å². The van der Waals surface area contributed by atoms with Crippen LogP contribution in [0, 0.1) is 13.8 Å². The van der Waals surface area contributed by atoms with E-state index in [-0.39, 0.29) is 4.90 Å². The first-order valence-electron chi connectivity index (χ1n) is 7.70. The first-order chi connectivity index (χ1) is 11.8. The van der Waals surface area contributed by atoms with Gasteiger partial charge in [0.2, 0.25) is 0 Å². The van der Waals surface area contributed by atoms with Gasteiger partial charge in [-0.1, -0.05) is 29.8 Å². The summed E-state index contributed by atoms with van der Waals surface area (Å²) in [5.41, 5.74) is 3.43. The Kier molecular flexibility index (Phi) is 4.83. The van der Waals surface area contributed by atoms with Crippen molar-refractivity contribution in [2.75, 3.05) is 4.72 Å². The number of hydrogen-bond donors (Lipinski definition) is 1. The Hall–Kier alpha value is -2.31. The highest BCUT2D eigenvalue weighted by molar-refractivity contribution is 7.92. The van der Waals surface area contributed by atoms with Crippen LogP contribution < -0.4 is 4.72 Å². The number of anilines is 1. The minimum absolute atomic E-state index is 0.237. The normalized spacial score (nSPS) is 11.5. The third kappa shape index (κ3) is 4.21. The van der Waals surface area contributed by atoms with Gasteiger partial charge >= 0.3 is 0 Å². The van der Waals surface area contributed by atoms with E-state index < -0.39 is 10.0 Å². The lowest BCUT2D eigenvalue weighted by Gasteiger charge is -2.08. The minimum atomic E-state index is -3.64. The maximum absolute atomic E-state index is 12.5. The highest BCUT2D eigenvalue weighted by Crippen LogP contribution is 2.19. The van der Waals surface area contributed by atoms with Crippen LogP contribution in [0.1, 0.15) is 16.7 Å². The number of nitrogens with zero attached hydrogens (tertiary/aromatic N) is 2. The van der Waals surface area contributed by atoms with E-state index in [1.807, 2.05) is 38.1 Å². The molecule has 5 nitrogen and oxygen atoms in total. The minimum Gasteiger partial charge on any atom is -0.276 e. The fourth-order valence-corrected chi connectivity index (χ4v) is 3.61. The molecule has 0 aliphatic heterocycles. The van der Waals surface area contributed by atoms with Gasteiger partial charge in [-0.2, -0.15) is 5.10 Å². The molecule has 3 rings (SSSR count). The second kappa shape index (κ2) is 6.90. The Balaban J connectivity index is 1.75. The van der Waals surface area contributed by atoms with Gasteiger partial charge in [0.15, 0.2) is 0 Å². The molecule has 0 saturated heterocycles. The molecule has 0 atom stereocenters. The fraction of sp³-hybridized carbons (Fsp3) is 0.167. The van der Waals surface area contributed by atoms with Crippen LogP contribution in [0.15, 0.2) is 59.8 Å². The Morgan fingerprint density at radius 1 is 1.08 bits per heavy atom. The predicted octanol–water partition coefficient (Wildman–Crippen LogP) is 4.00. The van der Waals surface area contributed by atoms with Crippen molar-refractivity contribution in [3.63, 3.8) is 0 Å². The number of nitrogens with one attached hydrogen (secondary N) is 1. The lowest BCUT2D eigenvalue weighted by molar-refractivity contribution is 0.601. The van der Waals surface area contributed by atoms with E-state index in [0.717, 1.165) is 16.7 Å². The van der Waals surface area contributed by atoms with E-state index in [9.17, 15) is 8.42 Å². The smallest absolute Gasteiger partial charge is 0.262 e. The predicted molar refractivity (Wildman–Crippen MR) is 99.5 cm³/mol. The molecule has 130 valence electrons. The summed E-state index contributed by atoms with van der Waals surface area (Å²) >= 11 is 5.87. The molecule has 0 unspecified atom stereocenters. The van der Waals surface area contributed by atoms with E-state index in [2.05, 4.69) is 9.82 Å². The summed E-state index contributed by atoms with van der Waals surface area (Å²) in [6, 6.07) is 12.5. The van der Waals surface area contributed by atoms with E-state index in [1.54, 1.807) is 29.1 Å².